The lowest BCUT2D eigenvalue weighted by molar-refractivity contribution is 0.265. The zero-order chi connectivity index (χ0) is 14.8. The van der Waals surface area contributed by atoms with E-state index >= 15 is 0 Å². The maximum absolute atomic E-state index is 11.5. The second-order valence-corrected chi connectivity index (χ2v) is 7.29. The fourth-order valence-electron chi connectivity index (χ4n) is 3.10. The average Bonchev–Trinajstić information content (AvgIpc) is 2.83. The Hall–Kier alpha value is -0.880. The van der Waals surface area contributed by atoms with Gasteiger partial charge in [0.05, 0.1) is 0 Å². The first-order valence-corrected chi connectivity index (χ1v) is 9.10. The fourth-order valence-corrected chi connectivity index (χ4v) is 3.59. The topological polar surface area (TPSA) is 78.0 Å². The molecule has 0 amide bonds. The highest BCUT2D eigenvalue weighted by atomic mass is 32.2. The van der Waals surface area contributed by atoms with Crippen LogP contribution < -0.4 is 5.14 Å². The van der Waals surface area contributed by atoms with Crippen LogP contribution in [-0.4, -0.2) is 18.0 Å². The van der Waals surface area contributed by atoms with Gasteiger partial charge in [0.15, 0.2) is 5.03 Å². The quantitative estimate of drug-likeness (QED) is 0.907. The van der Waals surface area contributed by atoms with Gasteiger partial charge in [0.1, 0.15) is 5.82 Å². The lowest BCUT2D eigenvalue weighted by Gasteiger charge is -2.29. The number of imidazole rings is 1. The Bertz CT molecular complexity index is 543. The van der Waals surface area contributed by atoms with Gasteiger partial charge in [0, 0.05) is 18.7 Å². The van der Waals surface area contributed by atoms with E-state index in [0.717, 1.165) is 37.4 Å². The van der Waals surface area contributed by atoms with Crippen molar-refractivity contribution < 1.29 is 8.42 Å². The van der Waals surface area contributed by atoms with Crippen molar-refractivity contribution in [2.45, 2.75) is 69.9 Å². The van der Waals surface area contributed by atoms with Crippen LogP contribution in [0.3, 0.4) is 0 Å². The molecule has 1 aromatic rings. The van der Waals surface area contributed by atoms with Crippen LogP contribution in [0.4, 0.5) is 0 Å². The normalized spacial score (nSPS) is 23.9. The van der Waals surface area contributed by atoms with Crippen LogP contribution in [0.2, 0.25) is 0 Å². The van der Waals surface area contributed by atoms with Crippen LogP contribution in [0.15, 0.2) is 11.2 Å². The summed E-state index contributed by atoms with van der Waals surface area (Å²) < 4.78 is 25.0. The Morgan fingerprint density at radius 2 is 1.95 bits per heavy atom. The van der Waals surface area contributed by atoms with Crippen LogP contribution >= 0.6 is 0 Å². The molecule has 0 saturated heterocycles. The molecule has 5 nitrogen and oxygen atoms in total. The van der Waals surface area contributed by atoms with Gasteiger partial charge in [-0.2, -0.15) is 0 Å². The molecule has 0 spiro atoms. The van der Waals surface area contributed by atoms with E-state index in [1.165, 1.54) is 19.3 Å². The van der Waals surface area contributed by atoms with Gasteiger partial charge in [-0.25, -0.2) is 18.5 Å². The number of hydrogen-bond donors (Lipinski definition) is 1. The Morgan fingerprint density at radius 1 is 1.30 bits per heavy atom. The molecule has 2 N–H and O–H groups in total. The van der Waals surface area contributed by atoms with Crippen molar-refractivity contribution >= 4 is 10.0 Å². The predicted octanol–water partition coefficient (Wildman–Crippen LogP) is 2.62. The van der Waals surface area contributed by atoms with Crippen LogP contribution in [0.25, 0.3) is 0 Å². The Kier molecular flexibility index (Phi) is 4.86. The van der Waals surface area contributed by atoms with Crippen molar-refractivity contribution in [1.82, 2.24) is 9.55 Å². The summed E-state index contributed by atoms with van der Waals surface area (Å²) in [6, 6.07) is 0.377. The molecule has 0 aliphatic heterocycles. The SMILES string of the molecule is CCCc1nc(S(N)(=O)=O)cn1C1CCC(CC)CC1. The molecule has 1 heterocycles. The molecule has 0 radical (unpaired) electrons. The van der Waals surface area contributed by atoms with Crippen molar-refractivity contribution in [1.29, 1.82) is 0 Å². The maximum Gasteiger partial charge on any atom is 0.257 e. The van der Waals surface area contributed by atoms with Gasteiger partial charge in [0.2, 0.25) is 0 Å². The van der Waals surface area contributed by atoms with E-state index in [1.807, 2.05) is 0 Å². The molecule has 0 unspecified atom stereocenters. The van der Waals surface area contributed by atoms with Gasteiger partial charge in [-0.1, -0.05) is 20.3 Å². The van der Waals surface area contributed by atoms with E-state index in [2.05, 4.69) is 23.4 Å². The standard InChI is InChI=1S/C14H25N3O2S/c1-3-5-13-16-14(20(15,18)19)10-17(13)12-8-6-11(4-2)7-9-12/h10-12H,3-9H2,1-2H3,(H2,15,18,19). The summed E-state index contributed by atoms with van der Waals surface area (Å²) in [7, 11) is -3.71. The zero-order valence-electron chi connectivity index (χ0n) is 12.4. The van der Waals surface area contributed by atoms with E-state index in [1.54, 1.807) is 6.20 Å². The molecule has 2 rings (SSSR count). The van der Waals surface area contributed by atoms with Gasteiger partial charge < -0.3 is 4.57 Å². The largest absolute Gasteiger partial charge is 0.330 e. The third-order valence-corrected chi connectivity index (χ3v) is 5.12. The monoisotopic (exact) mass is 299 g/mol. The fraction of sp³-hybridized carbons (Fsp3) is 0.786. The van der Waals surface area contributed by atoms with Crippen LogP contribution in [-0.2, 0) is 16.4 Å². The minimum atomic E-state index is -3.71. The number of nitrogens with zero attached hydrogens (tertiary/aromatic N) is 2. The molecule has 1 aliphatic carbocycles. The molecule has 1 aliphatic rings. The molecule has 0 bridgehead atoms. The van der Waals surface area contributed by atoms with Gasteiger partial charge in [-0.05, 0) is 38.0 Å². The third kappa shape index (κ3) is 3.41. The van der Waals surface area contributed by atoms with Gasteiger partial charge in [-0.15, -0.1) is 0 Å². The number of aromatic nitrogens is 2. The van der Waals surface area contributed by atoms with Crippen molar-refractivity contribution in [2.75, 3.05) is 0 Å². The lowest BCUT2D eigenvalue weighted by atomic mass is 9.84. The first-order chi connectivity index (χ1) is 9.45. The second kappa shape index (κ2) is 6.26. The number of sulfonamides is 1. The van der Waals surface area contributed by atoms with Crippen molar-refractivity contribution in [3.05, 3.63) is 12.0 Å². The second-order valence-electron chi connectivity index (χ2n) is 5.78. The summed E-state index contributed by atoms with van der Waals surface area (Å²) in [5, 5.41) is 5.22. The van der Waals surface area contributed by atoms with E-state index < -0.39 is 10.0 Å². The van der Waals surface area contributed by atoms with Crippen LogP contribution in [0.5, 0.6) is 0 Å². The average molecular weight is 299 g/mol. The lowest BCUT2D eigenvalue weighted by Crippen LogP contribution is -2.19. The summed E-state index contributed by atoms with van der Waals surface area (Å²) in [6.45, 7) is 4.31. The predicted molar refractivity (Wildman–Crippen MR) is 78.9 cm³/mol. The van der Waals surface area contributed by atoms with Gasteiger partial charge in [-0.3, -0.25) is 0 Å². The number of primary sulfonamides is 1. The van der Waals surface area contributed by atoms with Gasteiger partial charge in [0.25, 0.3) is 10.0 Å². The first-order valence-electron chi connectivity index (χ1n) is 7.56. The zero-order valence-corrected chi connectivity index (χ0v) is 13.2. The molecule has 6 heteroatoms. The Morgan fingerprint density at radius 3 is 2.45 bits per heavy atom. The van der Waals surface area contributed by atoms with E-state index in [0.29, 0.717) is 6.04 Å². The smallest absolute Gasteiger partial charge is 0.257 e. The van der Waals surface area contributed by atoms with E-state index in [9.17, 15) is 8.42 Å². The number of nitrogens with two attached hydrogens (primary N) is 1. The minimum Gasteiger partial charge on any atom is -0.330 e. The van der Waals surface area contributed by atoms with Crippen LogP contribution in [0, 0.1) is 5.92 Å². The van der Waals surface area contributed by atoms with E-state index in [4.69, 9.17) is 5.14 Å². The summed E-state index contributed by atoms with van der Waals surface area (Å²) in [6.07, 6.45) is 9.27. The highest BCUT2D eigenvalue weighted by molar-refractivity contribution is 7.89. The molecule has 0 atom stereocenters. The van der Waals surface area contributed by atoms with Crippen molar-refractivity contribution in [2.24, 2.45) is 11.1 Å². The molecule has 114 valence electrons. The molecule has 1 fully saturated rings. The van der Waals surface area contributed by atoms with Gasteiger partial charge >= 0.3 is 0 Å². The molecule has 1 saturated carbocycles. The summed E-state index contributed by atoms with van der Waals surface area (Å²) in [4.78, 5) is 4.24. The molecular weight excluding hydrogens is 274 g/mol. The molecule has 1 aromatic heterocycles. The molecule has 0 aromatic carbocycles. The highest BCUT2D eigenvalue weighted by Crippen LogP contribution is 2.34. The summed E-state index contributed by atoms with van der Waals surface area (Å²) >= 11 is 0. The first kappa shape index (κ1) is 15.5. The minimum absolute atomic E-state index is 0.0126. The Balaban J connectivity index is 2.24. The number of rotatable bonds is 5. The molecular formula is C14H25N3O2S. The van der Waals surface area contributed by atoms with Crippen molar-refractivity contribution in [3.8, 4) is 0 Å². The maximum atomic E-state index is 11.5. The number of hydrogen-bond acceptors (Lipinski definition) is 3. The highest BCUT2D eigenvalue weighted by Gasteiger charge is 2.25. The van der Waals surface area contributed by atoms with E-state index in [-0.39, 0.29) is 5.03 Å². The molecule has 20 heavy (non-hydrogen) atoms. The Labute approximate surface area is 121 Å². The van der Waals surface area contributed by atoms with Crippen LogP contribution in [0.1, 0.15) is 64.2 Å². The summed E-state index contributed by atoms with van der Waals surface area (Å²) in [5.41, 5.74) is 0. The third-order valence-electron chi connectivity index (χ3n) is 4.34. The summed E-state index contributed by atoms with van der Waals surface area (Å²) in [5.74, 6) is 1.68. The number of aryl methyl sites for hydroxylation is 1. The van der Waals surface area contributed by atoms with Crippen molar-refractivity contribution in [3.63, 3.8) is 0 Å².